The summed E-state index contributed by atoms with van der Waals surface area (Å²) in [6.07, 6.45) is -15.6. The third-order valence-corrected chi connectivity index (χ3v) is 7.53. The predicted molar refractivity (Wildman–Crippen MR) is 145 cm³/mol. The highest BCUT2D eigenvalue weighted by atomic mass is 16.7. The number of aliphatic hydroxyl groups is 6. The van der Waals surface area contributed by atoms with Crippen molar-refractivity contribution in [1.82, 2.24) is 0 Å². The van der Waals surface area contributed by atoms with Gasteiger partial charge in [-0.15, -0.1) is 0 Å². The molecule has 10 atom stereocenters. The van der Waals surface area contributed by atoms with Crippen molar-refractivity contribution in [1.29, 1.82) is 0 Å². The zero-order valence-corrected chi connectivity index (χ0v) is 23.3. The van der Waals surface area contributed by atoms with Crippen LogP contribution in [0.1, 0.15) is 6.92 Å². The summed E-state index contributed by atoms with van der Waals surface area (Å²) in [7, 11) is 1.21. The largest absolute Gasteiger partial charge is 0.504 e. The van der Waals surface area contributed by atoms with E-state index in [-0.39, 0.29) is 33.8 Å². The maximum atomic E-state index is 13.1. The number of ether oxygens (including phenoxy) is 5. The monoisotopic (exact) mass is 624 g/mol. The molecule has 0 bridgehead atoms. The van der Waals surface area contributed by atoms with Gasteiger partial charge in [-0.1, -0.05) is 0 Å². The fourth-order valence-electron chi connectivity index (χ4n) is 4.95. The molecule has 0 spiro atoms. The predicted octanol–water partition coefficient (Wildman–Crippen LogP) is -1.38. The minimum Gasteiger partial charge on any atom is -0.504 e. The van der Waals surface area contributed by atoms with Crippen LogP contribution in [-0.2, 0) is 14.2 Å². The Balaban J connectivity index is 1.41. The molecule has 0 aliphatic carbocycles. The van der Waals surface area contributed by atoms with Crippen LogP contribution >= 0.6 is 0 Å². The zero-order chi connectivity index (χ0) is 32.0. The summed E-state index contributed by atoms with van der Waals surface area (Å²) in [6.45, 7) is 0.886. The van der Waals surface area contributed by atoms with E-state index in [1.807, 2.05) is 0 Å². The highest BCUT2D eigenvalue weighted by Crippen LogP contribution is 2.44. The normalized spacial score (nSPS) is 32.5. The van der Waals surface area contributed by atoms with Crippen molar-refractivity contribution in [3.63, 3.8) is 0 Å². The highest BCUT2D eigenvalue weighted by molar-refractivity contribution is 5.89. The van der Waals surface area contributed by atoms with Crippen LogP contribution < -0.4 is 14.9 Å². The minimum absolute atomic E-state index is 0.0117. The van der Waals surface area contributed by atoms with E-state index in [0.717, 1.165) is 6.07 Å². The molecule has 0 amide bonds. The zero-order valence-electron chi connectivity index (χ0n) is 23.3. The first-order valence-electron chi connectivity index (χ1n) is 13.4. The number of hydrogen-bond donors (Lipinski definition) is 9. The highest BCUT2D eigenvalue weighted by Gasteiger charge is 2.47. The van der Waals surface area contributed by atoms with Crippen molar-refractivity contribution in [3.8, 4) is 40.1 Å². The SMILES string of the molecule is COc1cc2oc(-c3ccc(O)c(O)c3)cc(=O)c2c(O)c1O[C@@H]1O[C@H](CO[C@@H]2O[C@@H](C)[C@H](O)[C@@H](O)[C@H]2O)[C@@H](O)[C@H](O)[C@H]1O. The van der Waals surface area contributed by atoms with Gasteiger partial charge in [0.05, 0.1) is 19.8 Å². The summed E-state index contributed by atoms with van der Waals surface area (Å²) in [5.41, 5.74) is -0.650. The van der Waals surface area contributed by atoms with Gasteiger partial charge in [0.2, 0.25) is 12.0 Å². The Labute approximate surface area is 248 Å². The van der Waals surface area contributed by atoms with Gasteiger partial charge in [0.15, 0.2) is 34.7 Å². The van der Waals surface area contributed by atoms with Gasteiger partial charge in [0.1, 0.15) is 59.5 Å². The maximum Gasteiger partial charge on any atom is 0.229 e. The Hall–Kier alpha value is -3.71. The van der Waals surface area contributed by atoms with Gasteiger partial charge >= 0.3 is 0 Å². The molecule has 3 heterocycles. The summed E-state index contributed by atoms with van der Waals surface area (Å²) in [5.74, 6) is -2.28. The molecular formula is C28H32O16. The standard InChI is InChI=1S/C28H32O16/c1-9-19(32)22(35)24(37)27(41-9)40-8-17-20(33)23(36)25(38)28(43-17)44-26-16(39-2)7-15-18(21(26)34)13(31)6-14(42-15)10-3-4-11(29)12(30)5-10/h3-7,9,17,19-20,22-25,27-30,32-38H,8H2,1-2H3/t9-,17+,19-,20+,22+,23-,24+,25+,27+,28-/m0/s1. The van der Waals surface area contributed by atoms with Crippen molar-refractivity contribution < 1.29 is 74.1 Å². The lowest BCUT2D eigenvalue weighted by Gasteiger charge is -2.42. The fraction of sp³-hybridized carbons (Fsp3) is 0.464. The van der Waals surface area contributed by atoms with Crippen LogP contribution in [0.4, 0.5) is 0 Å². The lowest BCUT2D eigenvalue weighted by Crippen LogP contribution is -2.61. The van der Waals surface area contributed by atoms with E-state index in [2.05, 4.69) is 0 Å². The molecule has 44 heavy (non-hydrogen) atoms. The summed E-state index contributed by atoms with van der Waals surface area (Å²) >= 11 is 0. The number of aliphatic hydroxyl groups excluding tert-OH is 6. The molecule has 2 aliphatic rings. The topological polar surface area (TPSA) is 258 Å². The van der Waals surface area contributed by atoms with E-state index in [1.165, 1.54) is 38.3 Å². The first-order valence-corrected chi connectivity index (χ1v) is 13.4. The van der Waals surface area contributed by atoms with E-state index in [4.69, 9.17) is 28.1 Å². The molecule has 16 heteroatoms. The molecule has 1 aromatic heterocycles. The van der Waals surface area contributed by atoms with Crippen molar-refractivity contribution >= 4 is 11.0 Å². The molecule has 240 valence electrons. The van der Waals surface area contributed by atoms with Gasteiger partial charge in [-0.05, 0) is 25.1 Å². The third kappa shape index (κ3) is 5.74. The van der Waals surface area contributed by atoms with Crippen LogP contribution in [0.25, 0.3) is 22.3 Å². The van der Waals surface area contributed by atoms with Crippen molar-refractivity contribution in [2.24, 2.45) is 0 Å². The van der Waals surface area contributed by atoms with Gasteiger partial charge in [0.25, 0.3) is 0 Å². The molecule has 2 aliphatic heterocycles. The van der Waals surface area contributed by atoms with Gasteiger partial charge in [0, 0.05) is 17.7 Å². The number of aromatic hydroxyl groups is 3. The number of benzene rings is 2. The Morgan fingerprint density at radius 2 is 1.48 bits per heavy atom. The summed E-state index contributed by atoms with van der Waals surface area (Å²) in [5, 5.41) is 91.8. The quantitative estimate of drug-likeness (QED) is 0.137. The first kappa shape index (κ1) is 31.7. The van der Waals surface area contributed by atoms with E-state index >= 15 is 0 Å². The molecule has 9 N–H and O–H groups in total. The van der Waals surface area contributed by atoms with Crippen LogP contribution in [0.15, 0.2) is 39.5 Å². The molecular weight excluding hydrogens is 592 g/mol. The van der Waals surface area contributed by atoms with Crippen molar-refractivity contribution in [2.45, 2.75) is 68.3 Å². The number of hydrogen-bond acceptors (Lipinski definition) is 16. The molecule has 0 saturated carbocycles. The smallest absolute Gasteiger partial charge is 0.229 e. The molecule has 0 radical (unpaired) electrons. The average Bonchev–Trinajstić information content (AvgIpc) is 2.99. The third-order valence-electron chi connectivity index (χ3n) is 7.53. The van der Waals surface area contributed by atoms with Crippen LogP contribution in [0.2, 0.25) is 0 Å². The first-order chi connectivity index (χ1) is 20.8. The number of fused-ring (bicyclic) bond motifs is 1. The van der Waals surface area contributed by atoms with Crippen LogP contribution in [0.3, 0.4) is 0 Å². The summed E-state index contributed by atoms with van der Waals surface area (Å²) in [6, 6.07) is 5.99. The van der Waals surface area contributed by atoms with E-state index in [9.17, 15) is 50.8 Å². The summed E-state index contributed by atoms with van der Waals surface area (Å²) in [4.78, 5) is 13.1. The van der Waals surface area contributed by atoms with Crippen LogP contribution in [0.5, 0.6) is 28.7 Å². The molecule has 16 nitrogen and oxygen atoms in total. The number of phenolic OH excluding ortho intramolecular Hbond substituents is 3. The Kier molecular flexibility index (Phi) is 8.90. The molecule has 3 aromatic rings. The Morgan fingerprint density at radius 3 is 2.16 bits per heavy atom. The second kappa shape index (κ2) is 12.4. The second-order valence-corrected chi connectivity index (χ2v) is 10.5. The molecule has 2 fully saturated rings. The second-order valence-electron chi connectivity index (χ2n) is 10.5. The molecule has 0 unspecified atom stereocenters. The number of rotatable bonds is 7. The van der Waals surface area contributed by atoms with E-state index in [1.54, 1.807) is 0 Å². The molecule has 5 rings (SSSR count). The lowest BCUT2D eigenvalue weighted by molar-refractivity contribution is -0.318. The lowest BCUT2D eigenvalue weighted by atomic mass is 9.98. The van der Waals surface area contributed by atoms with Crippen LogP contribution in [-0.4, -0.2) is 121 Å². The molecule has 2 saturated heterocycles. The average molecular weight is 625 g/mol. The van der Waals surface area contributed by atoms with E-state index in [0.29, 0.717) is 0 Å². The van der Waals surface area contributed by atoms with Crippen molar-refractivity contribution in [3.05, 3.63) is 40.6 Å². The Bertz CT molecular complexity index is 1560. The fourth-order valence-corrected chi connectivity index (χ4v) is 4.95. The Morgan fingerprint density at radius 1 is 0.795 bits per heavy atom. The van der Waals surface area contributed by atoms with Gasteiger partial charge in [-0.2, -0.15) is 0 Å². The van der Waals surface area contributed by atoms with Gasteiger partial charge in [-0.25, -0.2) is 0 Å². The number of phenols is 3. The molecule has 2 aromatic carbocycles. The van der Waals surface area contributed by atoms with Gasteiger partial charge < -0.3 is 74.1 Å². The summed E-state index contributed by atoms with van der Waals surface area (Å²) < 4.78 is 33.1. The van der Waals surface area contributed by atoms with Crippen LogP contribution in [0, 0.1) is 0 Å². The van der Waals surface area contributed by atoms with Gasteiger partial charge in [-0.3, -0.25) is 4.79 Å². The number of methoxy groups -OCH3 is 1. The van der Waals surface area contributed by atoms with E-state index < -0.39 is 90.7 Å². The van der Waals surface area contributed by atoms with Crippen molar-refractivity contribution in [2.75, 3.05) is 13.7 Å². The minimum atomic E-state index is -1.88. The maximum absolute atomic E-state index is 13.1.